The summed E-state index contributed by atoms with van der Waals surface area (Å²) in [4.78, 5) is 45.9. The van der Waals surface area contributed by atoms with E-state index in [9.17, 15) is 14.4 Å². The van der Waals surface area contributed by atoms with Crippen LogP contribution in [0.1, 0.15) is 30.1 Å². The minimum Gasteiger partial charge on any atom is -0.343 e. The number of nitrogens with zero attached hydrogens (tertiary/aromatic N) is 4. The lowest BCUT2D eigenvalue weighted by molar-refractivity contribution is -0.141. The third kappa shape index (κ3) is 3.97. The van der Waals surface area contributed by atoms with Crippen LogP contribution in [0.5, 0.6) is 0 Å². The van der Waals surface area contributed by atoms with Crippen molar-refractivity contribution in [2.75, 3.05) is 39.3 Å². The third-order valence-corrected chi connectivity index (χ3v) is 5.10. The van der Waals surface area contributed by atoms with Crippen LogP contribution < -0.4 is 0 Å². The fourth-order valence-electron chi connectivity index (χ4n) is 3.51. The maximum Gasteiger partial charge on any atom is 0.254 e. The summed E-state index contributed by atoms with van der Waals surface area (Å²) < 4.78 is 0. The van der Waals surface area contributed by atoms with Gasteiger partial charge in [0.05, 0.1) is 0 Å². The minimum absolute atomic E-state index is 0.00181. The van der Waals surface area contributed by atoms with E-state index >= 15 is 0 Å². The maximum absolute atomic E-state index is 12.7. The second-order valence-electron chi connectivity index (χ2n) is 6.63. The Bertz CT molecular complexity index is 633. The highest BCUT2D eigenvalue weighted by molar-refractivity contribution is 5.94. The standard InChI is InChI=1S/C18H24N4O3/c1-14(23)20-8-4-16(5-9-20)18(25)22-12-10-21(11-13-22)17(24)15-2-6-19-7-3-15/h2-3,6-7,16H,4-5,8-13H2,1H3. The predicted octanol–water partition coefficient (Wildman–Crippen LogP) is 0.625. The molecule has 2 aliphatic heterocycles. The van der Waals surface area contributed by atoms with Gasteiger partial charge in [-0.15, -0.1) is 0 Å². The van der Waals surface area contributed by atoms with Crippen LogP contribution in [0, 0.1) is 5.92 Å². The van der Waals surface area contributed by atoms with Crippen LogP contribution >= 0.6 is 0 Å². The number of hydrogen-bond donors (Lipinski definition) is 0. The van der Waals surface area contributed by atoms with Crippen molar-refractivity contribution in [1.82, 2.24) is 19.7 Å². The van der Waals surface area contributed by atoms with E-state index in [1.807, 2.05) is 4.90 Å². The molecule has 7 heteroatoms. The molecule has 0 radical (unpaired) electrons. The van der Waals surface area contributed by atoms with Crippen LogP contribution in [0.4, 0.5) is 0 Å². The number of carbonyl (C=O) groups is 3. The molecule has 3 rings (SSSR count). The van der Waals surface area contributed by atoms with Gasteiger partial charge in [0.25, 0.3) is 5.91 Å². The molecule has 0 aromatic carbocycles. The number of likely N-dealkylation sites (tertiary alicyclic amines) is 1. The summed E-state index contributed by atoms with van der Waals surface area (Å²) in [5.41, 5.74) is 0.631. The molecule has 0 saturated carbocycles. The molecule has 0 atom stereocenters. The number of hydrogen-bond acceptors (Lipinski definition) is 4. The summed E-state index contributed by atoms with van der Waals surface area (Å²) in [6.45, 7) is 5.14. The molecule has 1 aromatic rings. The zero-order valence-electron chi connectivity index (χ0n) is 14.6. The van der Waals surface area contributed by atoms with Crippen molar-refractivity contribution in [3.63, 3.8) is 0 Å². The van der Waals surface area contributed by atoms with Crippen LogP contribution in [0.25, 0.3) is 0 Å². The molecule has 1 aromatic heterocycles. The lowest BCUT2D eigenvalue weighted by Gasteiger charge is -2.38. The first-order chi connectivity index (χ1) is 12.1. The molecule has 0 N–H and O–H groups in total. The third-order valence-electron chi connectivity index (χ3n) is 5.10. The van der Waals surface area contributed by atoms with Gasteiger partial charge >= 0.3 is 0 Å². The Labute approximate surface area is 147 Å². The molecular formula is C18H24N4O3. The highest BCUT2D eigenvalue weighted by Crippen LogP contribution is 2.21. The predicted molar refractivity (Wildman–Crippen MR) is 91.7 cm³/mol. The highest BCUT2D eigenvalue weighted by Gasteiger charge is 2.31. The molecule has 0 spiro atoms. The highest BCUT2D eigenvalue weighted by atomic mass is 16.2. The molecule has 3 heterocycles. The molecule has 2 fully saturated rings. The van der Waals surface area contributed by atoms with Gasteiger partial charge < -0.3 is 14.7 Å². The molecule has 25 heavy (non-hydrogen) atoms. The smallest absolute Gasteiger partial charge is 0.254 e. The largest absolute Gasteiger partial charge is 0.343 e. The topological polar surface area (TPSA) is 73.8 Å². The van der Waals surface area contributed by atoms with Crippen molar-refractivity contribution < 1.29 is 14.4 Å². The van der Waals surface area contributed by atoms with E-state index in [1.54, 1.807) is 41.2 Å². The normalized spacial score (nSPS) is 19.0. The van der Waals surface area contributed by atoms with Gasteiger partial charge in [-0.2, -0.15) is 0 Å². The van der Waals surface area contributed by atoms with Crippen LogP contribution in [-0.4, -0.2) is 76.7 Å². The molecule has 0 aliphatic carbocycles. The van der Waals surface area contributed by atoms with E-state index in [-0.39, 0.29) is 23.6 Å². The van der Waals surface area contributed by atoms with Gasteiger partial charge in [0.2, 0.25) is 11.8 Å². The van der Waals surface area contributed by atoms with Crippen molar-refractivity contribution in [2.45, 2.75) is 19.8 Å². The summed E-state index contributed by atoms with van der Waals surface area (Å²) in [5.74, 6) is 0.232. The summed E-state index contributed by atoms with van der Waals surface area (Å²) in [5, 5.41) is 0. The number of pyridine rings is 1. The zero-order valence-corrected chi connectivity index (χ0v) is 14.6. The lowest BCUT2D eigenvalue weighted by atomic mass is 9.95. The summed E-state index contributed by atoms with van der Waals surface area (Å²) >= 11 is 0. The number of piperidine rings is 1. The van der Waals surface area contributed by atoms with Crippen LogP contribution in [0.3, 0.4) is 0 Å². The Kier molecular flexibility index (Phi) is 5.31. The fourth-order valence-corrected chi connectivity index (χ4v) is 3.51. The van der Waals surface area contributed by atoms with Gasteiger partial charge in [-0.05, 0) is 25.0 Å². The SMILES string of the molecule is CC(=O)N1CCC(C(=O)N2CCN(C(=O)c3ccncc3)CC2)CC1. The van der Waals surface area contributed by atoms with Gasteiger partial charge in [0.1, 0.15) is 0 Å². The van der Waals surface area contributed by atoms with Crippen molar-refractivity contribution in [3.05, 3.63) is 30.1 Å². The average molecular weight is 344 g/mol. The summed E-state index contributed by atoms with van der Waals surface area (Å²) in [7, 11) is 0. The van der Waals surface area contributed by atoms with Crippen molar-refractivity contribution >= 4 is 17.7 Å². The molecule has 0 unspecified atom stereocenters. The first-order valence-corrected chi connectivity index (χ1v) is 8.80. The number of piperazine rings is 1. The van der Waals surface area contributed by atoms with Gasteiger partial charge in [0, 0.05) is 70.1 Å². The molecule has 7 nitrogen and oxygen atoms in total. The first kappa shape index (κ1) is 17.4. The van der Waals surface area contributed by atoms with Crippen LogP contribution in [0.2, 0.25) is 0 Å². The molecule has 134 valence electrons. The summed E-state index contributed by atoms with van der Waals surface area (Å²) in [6, 6.07) is 3.42. The first-order valence-electron chi connectivity index (χ1n) is 8.80. The van der Waals surface area contributed by atoms with Gasteiger partial charge in [-0.1, -0.05) is 0 Å². The Morgan fingerprint density at radius 3 is 2.00 bits per heavy atom. The van der Waals surface area contributed by atoms with E-state index < -0.39 is 0 Å². The van der Waals surface area contributed by atoms with E-state index in [0.29, 0.717) is 44.8 Å². The number of amides is 3. The molecule has 0 bridgehead atoms. The Balaban J connectivity index is 1.50. The minimum atomic E-state index is -0.00994. The van der Waals surface area contributed by atoms with Gasteiger partial charge in [-0.3, -0.25) is 19.4 Å². The molecule has 2 saturated heterocycles. The Morgan fingerprint density at radius 1 is 0.880 bits per heavy atom. The zero-order chi connectivity index (χ0) is 17.8. The lowest BCUT2D eigenvalue weighted by Crippen LogP contribution is -2.53. The van der Waals surface area contributed by atoms with E-state index in [4.69, 9.17) is 0 Å². The number of carbonyl (C=O) groups excluding carboxylic acids is 3. The molecular weight excluding hydrogens is 320 g/mol. The van der Waals surface area contributed by atoms with Crippen molar-refractivity contribution in [3.8, 4) is 0 Å². The second-order valence-corrected chi connectivity index (χ2v) is 6.63. The van der Waals surface area contributed by atoms with E-state index in [1.165, 1.54) is 0 Å². The molecule has 3 amide bonds. The van der Waals surface area contributed by atoms with Crippen LogP contribution in [-0.2, 0) is 9.59 Å². The molecule has 2 aliphatic rings. The number of rotatable bonds is 2. The van der Waals surface area contributed by atoms with Gasteiger partial charge in [-0.25, -0.2) is 0 Å². The van der Waals surface area contributed by atoms with Crippen molar-refractivity contribution in [2.24, 2.45) is 5.92 Å². The monoisotopic (exact) mass is 344 g/mol. The average Bonchev–Trinajstić information content (AvgIpc) is 2.67. The van der Waals surface area contributed by atoms with E-state index in [2.05, 4.69) is 4.98 Å². The van der Waals surface area contributed by atoms with E-state index in [0.717, 1.165) is 12.8 Å². The maximum atomic E-state index is 12.7. The van der Waals surface area contributed by atoms with Gasteiger partial charge in [0.15, 0.2) is 0 Å². The number of aromatic nitrogens is 1. The summed E-state index contributed by atoms with van der Waals surface area (Å²) in [6.07, 6.45) is 4.68. The quantitative estimate of drug-likeness (QED) is 0.788. The Morgan fingerprint density at radius 2 is 1.44 bits per heavy atom. The fraction of sp³-hybridized carbons (Fsp3) is 0.556. The van der Waals surface area contributed by atoms with Crippen LogP contribution in [0.15, 0.2) is 24.5 Å². The Hall–Kier alpha value is -2.44. The van der Waals surface area contributed by atoms with Crippen molar-refractivity contribution in [1.29, 1.82) is 0 Å². The second kappa shape index (κ2) is 7.63.